The van der Waals surface area contributed by atoms with Crippen LogP contribution in [0.4, 0.5) is 5.69 Å². The van der Waals surface area contributed by atoms with Crippen LogP contribution in [0.1, 0.15) is 27.0 Å². The second-order valence-electron chi connectivity index (χ2n) is 7.34. The van der Waals surface area contributed by atoms with Crippen LogP contribution in [0.2, 0.25) is 0 Å². The number of hydrogen-bond acceptors (Lipinski definition) is 3. The second kappa shape index (κ2) is 8.82. The fourth-order valence-electron chi connectivity index (χ4n) is 3.70. The average molecular weight is 400 g/mol. The molecule has 0 fully saturated rings. The molecule has 5 nitrogen and oxygen atoms in total. The standard InChI is InChI=1S/C25H24N2O3/c1-30-22-10-7-18(8-11-22)16-24(28)26-17-19-9-12-23-21(15-19)13-14-27(23)25(29)20-5-3-2-4-6-20/h2-12,15H,13-14,16-17H2,1H3,(H,26,28). The maximum absolute atomic E-state index is 12.8. The zero-order valence-electron chi connectivity index (χ0n) is 16.9. The van der Waals surface area contributed by atoms with Crippen LogP contribution in [0.25, 0.3) is 0 Å². The lowest BCUT2D eigenvalue weighted by Gasteiger charge is -2.17. The van der Waals surface area contributed by atoms with Crippen LogP contribution in [-0.2, 0) is 24.2 Å². The third-order valence-corrected chi connectivity index (χ3v) is 5.32. The molecule has 1 N–H and O–H groups in total. The van der Waals surface area contributed by atoms with Crippen molar-refractivity contribution in [2.24, 2.45) is 0 Å². The average Bonchev–Trinajstić information content (AvgIpc) is 3.21. The maximum atomic E-state index is 12.8. The van der Waals surface area contributed by atoms with Crippen molar-refractivity contribution in [1.82, 2.24) is 5.32 Å². The zero-order chi connectivity index (χ0) is 20.9. The lowest BCUT2D eigenvalue weighted by molar-refractivity contribution is -0.120. The number of methoxy groups -OCH3 is 1. The molecular weight excluding hydrogens is 376 g/mol. The summed E-state index contributed by atoms with van der Waals surface area (Å²) in [6.45, 7) is 1.14. The molecule has 1 aliphatic rings. The van der Waals surface area contributed by atoms with E-state index >= 15 is 0 Å². The number of hydrogen-bond donors (Lipinski definition) is 1. The molecule has 152 valence electrons. The van der Waals surface area contributed by atoms with Gasteiger partial charge in [0.05, 0.1) is 13.5 Å². The summed E-state index contributed by atoms with van der Waals surface area (Å²) < 4.78 is 5.14. The van der Waals surface area contributed by atoms with Crippen LogP contribution in [0, 0.1) is 0 Å². The highest BCUT2D eigenvalue weighted by Crippen LogP contribution is 2.30. The van der Waals surface area contributed by atoms with Crippen LogP contribution >= 0.6 is 0 Å². The van der Waals surface area contributed by atoms with Gasteiger partial charge < -0.3 is 15.0 Å². The van der Waals surface area contributed by atoms with Crippen molar-refractivity contribution < 1.29 is 14.3 Å². The van der Waals surface area contributed by atoms with Gasteiger partial charge in [-0.05, 0) is 53.4 Å². The van der Waals surface area contributed by atoms with Crippen LogP contribution in [0.5, 0.6) is 5.75 Å². The summed E-state index contributed by atoms with van der Waals surface area (Å²) in [6.07, 6.45) is 1.15. The zero-order valence-corrected chi connectivity index (χ0v) is 16.9. The smallest absolute Gasteiger partial charge is 0.258 e. The Morgan fingerprint density at radius 2 is 1.70 bits per heavy atom. The van der Waals surface area contributed by atoms with Crippen molar-refractivity contribution in [1.29, 1.82) is 0 Å². The molecule has 0 spiro atoms. The predicted molar refractivity (Wildman–Crippen MR) is 117 cm³/mol. The summed E-state index contributed by atoms with van der Waals surface area (Å²) in [6, 6.07) is 22.9. The van der Waals surface area contributed by atoms with Gasteiger partial charge in [0.1, 0.15) is 5.75 Å². The molecule has 0 atom stereocenters. The van der Waals surface area contributed by atoms with Gasteiger partial charge in [-0.2, -0.15) is 0 Å². The Morgan fingerprint density at radius 1 is 0.967 bits per heavy atom. The Balaban J connectivity index is 1.36. The molecule has 3 aromatic carbocycles. The Labute approximate surface area is 176 Å². The molecule has 1 heterocycles. The number of fused-ring (bicyclic) bond motifs is 1. The summed E-state index contributed by atoms with van der Waals surface area (Å²) in [5, 5.41) is 2.98. The quantitative estimate of drug-likeness (QED) is 0.686. The van der Waals surface area contributed by atoms with Crippen LogP contribution < -0.4 is 15.0 Å². The minimum Gasteiger partial charge on any atom is -0.497 e. The van der Waals surface area contributed by atoms with Gasteiger partial charge in [0.2, 0.25) is 5.91 Å². The van der Waals surface area contributed by atoms with Gasteiger partial charge in [-0.3, -0.25) is 9.59 Å². The van der Waals surface area contributed by atoms with E-state index in [4.69, 9.17) is 4.74 Å². The normalized spacial score (nSPS) is 12.4. The number of benzene rings is 3. The number of anilines is 1. The molecule has 30 heavy (non-hydrogen) atoms. The van der Waals surface area contributed by atoms with E-state index in [-0.39, 0.29) is 11.8 Å². The molecular formula is C25H24N2O3. The van der Waals surface area contributed by atoms with E-state index < -0.39 is 0 Å². The van der Waals surface area contributed by atoms with E-state index in [9.17, 15) is 9.59 Å². The highest BCUT2D eigenvalue weighted by molar-refractivity contribution is 6.07. The van der Waals surface area contributed by atoms with Gasteiger partial charge in [-0.15, -0.1) is 0 Å². The van der Waals surface area contributed by atoms with Crippen molar-refractivity contribution >= 4 is 17.5 Å². The number of amides is 2. The Bertz CT molecular complexity index is 1050. The summed E-state index contributed by atoms with van der Waals surface area (Å²) in [5.41, 5.74) is 4.77. The number of nitrogens with one attached hydrogen (secondary N) is 1. The minimum absolute atomic E-state index is 0.0231. The van der Waals surface area contributed by atoms with E-state index in [1.807, 2.05) is 71.6 Å². The first-order valence-electron chi connectivity index (χ1n) is 10.0. The second-order valence-corrected chi connectivity index (χ2v) is 7.34. The Kier molecular flexibility index (Phi) is 5.80. The van der Waals surface area contributed by atoms with E-state index in [1.165, 1.54) is 0 Å². The van der Waals surface area contributed by atoms with Gasteiger partial charge in [-0.25, -0.2) is 0 Å². The van der Waals surface area contributed by atoms with E-state index in [1.54, 1.807) is 7.11 Å². The molecule has 0 aromatic heterocycles. The van der Waals surface area contributed by atoms with Crippen LogP contribution in [-0.4, -0.2) is 25.5 Å². The Morgan fingerprint density at radius 3 is 2.43 bits per heavy atom. The largest absolute Gasteiger partial charge is 0.497 e. The fraction of sp³-hybridized carbons (Fsp3) is 0.200. The summed E-state index contributed by atoms with van der Waals surface area (Å²) in [5.74, 6) is 0.772. The maximum Gasteiger partial charge on any atom is 0.258 e. The van der Waals surface area contributed by atoms with E-state index in [0.29, 0.717) is 25.1 Å². The first-order valence-corrected chi connectivity index (χ1v) is 10.0. The molecule has 0 aliphatic carbocycles. The fourth-order valence-corrected chi connectivity index (χ4v) is 3.70. The van der Waals surface area contributed by atoms with Crippen molar-refractivity contribution in [3.05, 3.63) is 95.1 Å². The van der Waals surface area contributed by atoms with Gasteiger partial charge >= 0.3 is 0 Å². The number of ether oxygens (including phenoxy) is 1. The first-order chi connectivity index (χ1) is 14.6. The summed E-state index contributed by atoms with van der Waals surface area (Å²) in [4.78, 5) is 26.9. The lowest BCUT2D eigenvalue weighted by Crippen LogP contribution is -2.28. The number of carbonyl (C=O) groups excluding carboxylic acids is 2. The van der Waals surface area contributed by atoms with Gasteiger partial charge in [0.15, 0.2) is 0 Å². The lowest BCUT2D eigenvalue weighted by atomic mass is 10.1. The van der Waals surface area contributed by atoms with Crippen molar-refractivity contribution in [3.63, 3.8) is 0 Å². The summed E-state index contributed by atoms with van der Waals surface area (Å²) in [7, 11) is 1.62. The number of nitrogens with zero attached hydrogens (tertiary/aromatic N) is 1. The molecule has 1 aliphatic heterocycles. The predicted octanol–water partition coefficient (Wildman–Crippen LogP) is 3.76. The van der Waals surface area contributed by atoms with Crippen molar-refractivity contribution in [2.75, 3.05) is 18.6 Å². The van der Waals surface area contributed by atoms with E-state index in [0.717, 1.165) is 34.5 Å². The third kappa shape index (κ3) is 4.35. The highest BCUT2D eigenvalue weighted by Gasteiger charge is 2.25. The Hall–Kier alpha value is -3.60. The molecule has 0 saturated heterocycles. The molecule has 0 radical (unpaired) electrons. The topological polar surface area (TPSA) is 58.6 Å². The molecule has 5 heteroatoms. The molecule has 0 unspecified atom stereocenters. The SMILES string of the molecule is COc1ccc(CC(=O)NCc2ccc3c(c2)CCN3C(=O)c2ccccc2)cc1. The molecule has 0 bridgehead atoms. The number of rotatable bonds is 6. The monoisotopic (exact) mass is 400 g/mol. The molecule has 0 saturated carbocycles. The summed E-state index contributed by atoms with van der Waals surface area (Å²) >= 11 is 0. The van der Waals surface area contributed by atoms with Crippen LogP contribution in [0.15, 0.2) is 72.8 Å². The third-order valence-electron chi connectivity index (χ3n) is 5.32. The number of carbonyl (C=O) groups is 2. The van der Waals surface area contributed by atoms with Crippen molar-refractivity contribution in [2.45, 2.75) is 19.4 Å². The van der Waals surface area contributed by atoms with Crippen molar-refractivity contribution in [3.8, 4) is 5.75 Å². The highest BCUT2D eigenvalue weighted by atomic mass is 16.5. The van der Waals surface area contributed by atoms with Crippen LogP contribution in [0.3, 0.4) is 0 Å². The van der Waals surface area contributed by atoms with Gasteiger partial charge in [0.25, 0.3) is 5.91 Å². The van der Waals surface area contributed by atoms with Gasteiger partial charge in [-0.1, -0.05) is 42.5 Å². The minimum atomic E-state index is -0.0263. The molecule has 2 amide bonds. The first kappa shape index (κ1) is 19.7. The van der Waals surface area contributed by atoms with Gasteiger partial charge in [0, 0.05) is 24.3 Å². The molecule has 4 rings (SSSR count). The van der Waals surface area contributed by atoms with E-state index in [2.05, 4.69) is 11.4 Å². The molecule has 3 aromatic rings.